The maximum atomic E-state index is 10.8. The zero-order valence-corrected chi connectivity index (χ0v) is 11.0. The van der Waals surface area contributed by atoms with Crippen LogP contribution in [0.2, 0.25) is 0 Å². The fraction of sp³-hybridized carbons (Fsp3) is 0.333. The predicted molar refractivity (Wildman–Crippen MR) is 64.8 cm³/mol. The van der Waals surface area contributed by atoms with E-state index in [4.69, 9.17) is 15.4 Å². The molecule has 5 N–H and O–H groups in total. The molecule has 0 saturated heterocycles. The molecule has 1 saturated carbocycles. The minimum atomic E-state index is -4.41. The molecule has 0 atom stereocenters. The van der Waals surface area contributed by atoms with Crippen LogP contribution in [0.5, 0.6) is 0 Å². The van der Waals surface area contributed by atoms with E-state index in [0.717, 1.165) is 18.2 Å². The van der Waals surface area contributed by atoms with Crippen molar-refractivity contribution >= 4 is 20.1 Å². The highest BCUT2D eigenvalue weighted by atomic mass is 32.2. The third kappa shape index (κ3) is 5.10. The molecule has 1 aliphatic rings. The van der Waals surface area contributed by atoms with Crippen molar-refractivity contribution in [2.45, 2.75) is 28.7 Å². The molecular formula is C9H14N2O5S2. The van der Waals surface area contributed by atoms with Crippen LogP contribution in [0.4, 0.5) is 0 Å². The van der Waals surface area contributed by atoms with Gasteiger partial charge < -0.3 is 5.73 Å². The van der Waals surface area contributed by atoms with Gasteiger partial charge in [-0.2, -0.15) is 8.42 Å². The van der Waals surface area contributed by atoms with Crippen molar-refractivity contribution in [2.24, 2.45) is 10.9 Å². The van der Waals surface area contributed by atoms with E-state index in [0.29, 0.717) is 6.04 Å². The summed E-state index contributed by atoms with van der Waals surface area (Å²) in [5.41, 5.74) is 5.22. The highest BCUT2D eigenvalue weighted by Gasteiger charge is 2.14. The molecule has 102 valence electrons. The number of benzene rings is 1. The Balaban J connectivity index is 0.000000341. The van der Waals surface area contributed by atoms with Gasteiger partial charge in [0.1, 0.15) is 0 Å². The highest BCUT2D eigenvalue weighted by molar-refractivity contribution is 7.89. The smallest absolute Gasteiger partial charge is 0.294 e. The van der Waals surface area contributed by atoms with Crippen LogP contribution in [0.1, 0.15) is 12.8 Å². The largest absolute Gasteiger partial charge is 0.328 e. The Labute approximate surface area is 106 Å². The standard InChI is InChI=1S/C6H7NO5S2.C3H7N/c7-13(8,9)5-2-1-3-6(4-5)14(10,11)12;4-3-1-2-3/h1-4H,(H2,7,8,9)(H,10,11,12);3H,1-2,4H2. The van der Waals surface area contributed by atoms with Gasteiger partial charge in [0.05, 0.1) is 9.79 Å². The van der Waals surface area contributed by atoms with E-state index < -0.39 is 25.0 Å². The Morgan fingerprint density at radius 1 is 1.11 bits per heavy atom. The summed E-state index contributed by atoms with van der Waals surface area (Å²) >= 11 is 0. The lowest BCUT2D eigenvalue weighted by molar-refractivity contribution is 0.483. The van der Waals surface area contributed by atoms with Gasteiger partial charge in [-0.25, -0.2) is 13.6 Å². The monoisotopic (exact) mass is 294 g/mol. The summed E-state index contributed by atoms with van der Waals surface area (Å²) in [6.07, 6.45) is 2.53. The van der Waals surface area contributed by atoms with Gasteiger partial charge in [-0.15, -0.1) is 0 Å². The minimum Gasteiger partial charge on any atom is -0.328 e. The molecule has 0 aromatic heterocycles. The molecule has 1 aliphatic carbocycles. The van der Waals surface area contributed by atoms with E-state index >= 15 is 0 Å². The maximum absolute atomic E-state index is 10.8. The zero-order valence-electron chi connectivity index (χ0n) is 9.35. The molecule has 0 heterocycles. The van der Waals surface area contributed by atoms with E-state index in [1.165, 1.54) is 18.9 Å². The Morgan fingerprint density at radius 2 is 1.56 bits per heavy atom. The SMILES string of the molecule is NC1CC1.NS(=O)(=O)c1cccc(S(=O)(=O)O)c1. The summed E-state index contributed by atoms with van der Waals surface area (Å²) < 4.78 is 51.5. The van der Waals surface area contributed by atoms with Crippen LogP contribution in [-0.4, -0.2) is 27.4 Å². The summed E-state index contributed by atoms with van der Waals surface area (Å²) in [5.74, 6) is 0. The summed E-state index contributed by atoms with van der Waals surface area (Å²) in [7, 11) is -8.37. The molecule has 7 nitrogen and oxygen atoms in total. The molecule has 0 spiro atoms. The molecule has 1 aromatic carbocycles. The normalized spacial score (nSPS) is 15.7. The Kier molecular flexibility index (Phi) is 4.46. The van der Waals surface area contributed by atoms with Crippen molar-refractivity contribution in [1.29, 1.82) is 0 Å². The van der Waals surface area contributed by atoms with Crippen molar-refractivity contribution in [1.82, 2.24) is 0 Å². The van der Waals surface area contributed by atoms with Crippen LogP contribution in [-0.2, 0) is 20.1 Å². The lowest BCUT2D eigenvalue weighted by atomic mass is 10.4. The molecule has 0 amide bonds. The second-order valence-corrected chi connectivity index (χ2v) is 6.82. The van der Waals surface area contributed by atoms with E-state index in [1.807, 2.05) is 0 Å². The fourth-order valence-corrected chi connectivity index (χ4v) is 2.07. The van der Waals surface area contributed by atoms with Crippen molar-refractivity contribution in [3.63, 3.8) is 0 Å². The van der Waals surface area contributed by atoms with Gasteiger partial charge in [0.15, 0.2) is 0 Å². The van der Waals surface area contributed by atoms with Crippen LogP contribution in [0, 0.1) is 0 Å². The molecule has 1 fully saturated rings. The first kappa shape index (κ1) is 15.1. The fourth-order valence-electron chi connectivity index (χ4n) is 0.908. The zero-order chi connectivity index (χ0) is 14.0. The molecule has 0 bridgehead atoms. The first-order chi connectivity index (χ1) is 8.10. The molecule has 18 heavy (non-hydrogen) atoms. The first-order valence-corrected chi connectivity index (χ1v) is 7.95. The van der Waals surface area contributed by atoms with E-state index in [9.17, 15) is 16.8 Å². The number of rotatable bonds is 2. The summed E-state index contributed by atoms with van der Waals surface area (Å²) in [6.45, 7) is 0. The second-order valence-electron chi connectivity index (χ2n) is 3.83. The second kappa shape index (κ2) is 5.33. The van der Waals surface area contributed by atoms with Gasteiger partial charge in [-0.3, -0.25) is 4.55 Å². The lowest BCUT2D eigenvalue weighted by Crippen LogP contribution is -2.12. The third-order valence-electron chi connectivity index (χ3n) is 2.05. The van der Waals surface area contributed by atoms with Crippen LogP contribution < -0.4 is 10.9 Å². The van der Waals surface area contributed by atoms with Gasteiger partial charge in [-0.05, 0) is 31.0 Å². The number of primary sulfonamides is 1. The molecule has 0 unspecified atom stereocenters. The summed E-state index contributed by atoms with van der Waals surface area (Å²) in [6, 6.07) is 4.72. The Hall–Kier alpha value is -1.00. The Bertz CT molecular complexity index is 573. The number of sulfonamides is 1. The van der Waals surface area contributed by atoms with Gasteiger partial charge >= 0.3 is 0 Å². The van der Waals surface area contributed by atoms with Crippen LogP contribution in [0.25, 0.3) is 0 Å². The summed E-state index contributed by atoms with van der Waals surface area (Å²) in [5, 5.41) is 4.76. The highest BCUT2D eigenvalue weighted by Crippen LogP contribution is 2.14. The van der Waals surface area contributed by atoms with E-state index in [-0.39, 0.29) is 4.90 Å². The topological polar surface area (TPSA) is 141 Å². The maximum Gasteiger partial charge on any atom is 0.294 e. The molecule has 0 radical (unpaired) electrons. The van der Waals surface area contributed by atoms with Crippen LogP contribution >= 0.6 is 0 Å². The van der Waals surface area contributed by atoms with Gasteiger partial charge in [-0.1, -0.05) is 6.07 Å². The molecular weight excluding hydrogens is 280 g/mol. The van der Waals surface area contributed by atoms with Crippen molar-refractivity contribution in [3.05, 3.63) is 24.3 Å². The molecule has 2 rings (SSSR count). The minimum absolute atomic E-state index is 0.368. The van der Waals surface area contributed by atoms with Crippen molar-refractivity contribution in [3.8, 4) is 0 Å². The predicted octanol–water partition coefficient (Wildman–Crippen LogP) is -0.312. The Morgan fingerprint density at radius 3 is 1.89 bits per heavy atom. The lowest BCUT2D eigenvalue weighted by Gasteiger charge is -1.99. The van der Waals surface area contributed by atoms with Gasteiger partial charge in [0.2, 0.25) is 10.0 Å². The van der Waals surface area contributed by atoms with E-state index in [2.05, 4.69) is 0 Å². The summed E-state index contributed by atoms with van der Waals surface area (Å²) in [4.78, 5) is -0.878. The number of nitrogens with two attached hydrogens (primary N) is 2. The average molecular weight is 294 g/mol. The number of hydrogen-bond acceptors (Lipinski definition) is 5. The van der Waals surface area contributed by atoms with E-state index in [1.54, 1.807) is 0 Å². The molecule has 9 heteroatoms. The van der Waals surface area contributed by atoms with Crippen LogP contribution in [0.3, 0.4) is 0 Å². The van der Waals surface area contributed by atoms with Gasteiger partial charge in [0.25, 0.3) is 10.1 Å². The average Bonchev–Trinajstić information content (AvgIpc) is 2.99. The van der Waals surface area contributed by atoms with Gasteiger partial charge in [0, 0.05) is 6.04 Å². The van der Waals surface area contributed by atoms with Crippen molar-refractivity contribution in [2.75, 3.05) is 0 Å². The quantitative estimate of drug-likeness (QED) is 0.639. The first-order valence-electron chi connectivity index (χ1n) is 4.96. The van der Waals surface area contributed by atoms with Crippen molar-refractivity contribution < 1.29 is 21.4 Å². The number of hydrogen-bond donors (Lipinski definition) is 3. The molecule has 0 aliphatic heterocycles. The van der Waals surface area contributed by atoms with Crippen LogP contribution in [0.15, 0.2) is 34.1 Å². The third-order valence-corrected chi connectivity index (χ3v) is 3.81. The molecule has 1 aromatic rings.